The Bertz CT molecular complexity index is 576. The number of rotatable bonds is 14. The van der Waals surface area contributed by atoms with Crippen LogP contribution in [-0.4, -0.2) is 43.1 Å². The lowest BCUT2D eigenvalue weighted by molar-refractivity contribution is 0.281. The maximum absolute atomic E-state index is 9.12. The number of hydrogen-bond donors (Lipinski definition) is 3. The fourth-order valence-corrected chi connectivity index (χ4v) is 2.53. The summed E-state index contributed by atoms with van der Waals surface area (Å²) in [6, 6.07) is 7.60. The van der Waals surface area contributed by atoms with Crippen molar-refractivity contribution in [3.05, 3.63) is 48.3 Å². The molecule has 6 nitrogen and oxygen atoms in total. The topological polar surface area (TPSA) is 80.5 Å². The van der Waals surface area contributed by atoms with Crippen LogP contribution in [0.5, 0.6) is 0 Å². The van der Waals surface area contributed by atoms with Crippen molar-refractivity contribution < 1.29 is 10.2 Å². The Morgan fingerprint density at radius 1 is 1.07 bits per heavy atom. The van der Waals surface area contributed by atoms with Crippen LogP contribution in [-0.2, 0) is 0 Å². The molecule has 0 saturated carbocycles. The minimum atomic E-state index is 0.0467. The van der Waals surface area contributed by atoms with Crippen molar-refractivity contribution in [2.75, 3.05) is 37.7 Å². The van der Waals surface area contributed by atoms with Crippen LogP contribution in [0.3, 0.4) is 0 Å². The largest absolute Gasteiger partial charge is 0.395 e. The Morgan fingerprint density at radius 2 is 1.78 bits per heavy atom. The molecule has 0 heterocycles. The number of aliphatic hydroxyl groups is 2. The van der Waals surface area contributed by atoms with Crippen LogP contribution in [0.2, 0.25) is 0 Å². The highest BCUT2D eigenvalue weighted by Crippen LogP contribution is 2.20. The zero-order valence-electron chi connectivity index (χ0n) is 16.6. The third-order valence-corrected chi connectivity index (χ3v) is 4.08. The molecule has 1 aromatic rings. The van der Waals surface area contributed by atoms with E-state index in [1.165, 1.54) is 25.7 Å². The third kappa shape index (κ3) is 9.92. The summed E-state index contributed by atoms with van der Waals surface area (Å²) in [7, 11) is 0. The molecule has 0 saturated heterocycles. The lowest BCUT2D eigenvalue weighted by atomic mass is 10.2. The van der Waals surface area contributed by atoms with E-state index in [0.717, 1.165) is 23.6 Å². The first-order chi connectivity index (χ1) is 13.2. The van der Waals surface area contributed by atoms with Crippen LogP contribution < -0.4 is 10.2 Å². The van der Waals surface area contributed by atoms with Gasteiger partial charge in [-0.05, 0) is 49.9 Å². The molecule has 0 fully saturated rings. The first kappa shape index (κ1) is 22.9. The van der Waals surface area contributed by atoms with E-state index in [-0.39, 0.29) is 13.2 Å². The van der Waals surface area contributed by atoms with Crippen LogP contribution in [0.4, 0.5) is 11.4 Å². The summed E-state index contributed by atoms with van der Waals surface area (Å²) in [5.74, 6) is 0. The molecular formula is C21H34N4O2. The molecule has 0 bridgehead atoms. The Labute approximate surface area is 163 Å². The average molecular weight is 375 g/mol. The zero-order valence-corrected chi connectivity index (χ0v) is 16.6. The Balaban J connectivity index is 2.53. The van der Waals surface area contributed by atoms with E-state index in [1.54, 1.807) is 0 Å². The van der Waals surface area contributed by atoms with Crippen molar-refractivity contribution in [3.63, 3.8) is 0 Å². The SMILES string of the molecule is C/C=C(\C=C/NCCCCCC)N=Nc1ccc(N(CCO)CCO)cc1. The van der Waals surface area contributed by atoms with E-state index < -0.39 is 0 Å². The maximum Gasteiger partial charge on any atom is 0.0858 e. The highest BCUT2D eigenvalue weighted by atomic mass is 16.3. The number of benzene rings is 1. The van der Waals surface area contributed by atoms with E-state index in [0.29, 0.717) is 13.1 Å². The second-order valence-corrected chi connectivity index (χ2v) is 6.21. The molecular weight excluding hydrogens is 340 g/mol. The molecule has 0 aliphatic rings. The molecule has 3 N–H and O–H groups in total. The predicted octanol–water partition coefficient (Wildman–Crippen LogP) is 4.15. The number of hydrogen-bond acceptors (Lipinski definition) is 6. The van der Waals surface area contributed by atoms with Gasteiger partial charge in [0, 0.05) is 25.3 Å². The zero-order chi connectivity index (χ0) is 19.7. The van der Waals surface area contributed by atoms with Gasteiger partial charge in [-0.2, -0.15) is 10.2 Å². The third-order valence-electron chi connectivity index (χ3n) is 4.08. The minimum Gasteiger partial charge on any atom is -0.395 e. The number of nitrogens with zero attached hydrogens (tertiary/aromatic N) is 3. The summed E-state index contributed by atoms with van der Waals surface area (Å²) >= 11 is 0. The van der Waals surface area contributed by atoms with E-state index in [1.807, 2.05) is 54.4 Å². The molecule has 0 radical (unpaired) electrons. The molecule has 0 aromatic heterocycles. The maximum atomic E-state index is 9.12. The smallest absolute Gasteiger partial charge is 0.0858 e. The first-order valence-electron chi connectivity index (χ1n) is 9.79. The van der Waals surface area contributed by atoms with Gasteiger partial charge in [0.1, 0.15) is 0 Å². The minimum absolute atomic E-state index is 0.0467. The van der Waals surface area contributed by atoms with Crippen LogP contribution in [0.1, 0.15) is 39.5 Å². The Morgan fingerprint density at radius 3 is 2.37 bits per heavy atom. The van der Waals surface area contributed by atoms with Gasteiger partial charge < -0.3 is 20.4 Å². The average Bonchev–Trinajstić information content (AvgIpc) is 2.70. The molecule has 0 unspecified atom stereocenters. The molecule has 1 rings (SSSR count). The van der Waals surface area contributed by atoms with Gasteiger partial charge in [0.2, 0.25) is 0 Å². The van der Waals surface area contributed by atoms with Gasteiger partial charge in [-0.15, -0.1) is 0 Å². The van der Waals surface area contributed by atoms with E-state index in [2.05, 4.69) is 22.5 Å². The number of allylic oxidation sites excluding steroid dienone is 2. The monoisotopic (exact) mass is 374 g/mol. The van der Waals surface area contributed by atoms with Crippen molar-refractivity contribution >= 4 is 11.4 Å². The van der Waals surface area contributed by atoms with E-state index >= 15 is 0 Å². The summed E-state index contributed by atoms with van der Waals surface area (Å²) < 4.78 is 0. The standard InChI is InChI=1S/C21H34N4O2/c1-3-5-6-7-13-22-14-12-19(4-2)23-24-20-8-10-21(11-9-20)25(15-17-26)16-18-27/h4,8-12,14,22,26-27H,3,5-7,13,15-18H2,1-2H3/b14-12-,19-4+,24-23?. The van der Waals surface area contributed by atoms with Gasteiger partial charge in [-0.3, -0.25) is 0 Å². The molecule has 0 spiro atoms. The van der Waals surface area contributed by atoms with Crippen molar-refractivity contribution in [1.29, 1.82) is 0 Å². The molecule has 0 aliphatic heterocycles. The highest BCUT2D eigenvalue weighted by molar-refractivity contribution is 5.52. The number of unbranched alkanes of at least 4 members (excludes halogenated alkanes) is 3. The first-order valence-corrected chi connectivity index (χ1v) is 9.79. The van der Waals surface area contributed by atoms with Crippen molar-refractivity contribution in [1.82, 2.24) is 5.32 Å². The molecule has 6 heteroatoms. The fourth-order valence-electron chi connectivity index (χ4n) is 2.53. The molecule has 0 amide bonds. The number of nitrogens with one attached hydrogen (secondary N) is 1. The number of aliphatic hydroxyl groups excluding tert-OH is 2. The molecule has 150 valence electrons. The number of anilines is 1. The summed E-state index contributed by atoms with van der Waals surface area (Å²) in [5.41, 5.74) is 2.49. The summed E-state index contributed by atoms with van der Waals surface area (Å²) in [6.45, 7) is 6.19. The van der Waals surface area contributed by atoms with Crippen LogP contribution in [0.15, 0.2) is 58.5 Å². The van der Waals surface area contributed by atoms with E-state index in [4.69, 9.17) is 10.2 Å². The van der Waals surface area contributed by atoms with Gasteiger partial charge in [-0.1, -0.05) is 32.3 Å². The highest BCUT2D eigenvalue weighted by Gasteiger charge is 2.04. The van der Waals surface area contributed by atoms with E-state index in [9.17, 15) is 0 Å². The van der Waals surface area contributed by atoms with Crippen molar-refractivity contribution in [2.24, 2.45) is 10.2 Å². The molecule has 0 atom stereocenters. The second-order valence-electron chi connectivity index (χ2n) is 6.21. The van der Waals surface area contributed by atoms with Gasteiger partial charge in [0.15, 0.2) is 0 Å². The van der Waals surface area contributed by atoms with Crippen molar-refractivity contribution in [3.8, 4) is 0 Å². The number of azo groups is 1. The van der Waals surface area contributed by atoms with Crippen LogP contribution in [0.25, 0.3) is 0 Å². The van der Waals surface area contributed by atoms with Crippen molar-refractivity contribution in [2.45, 2.75) is 39.5 Å². The second kappa shape index (κ2) is 14.9. The van der Waals surface area contributed by atoms with Gasteiger partial charge >= 0.3 is 0 Å². The Hall–Kier alpha value is -2.18. The Kier molecular flexibility index (Phi) is 12.6. The fraction of sp³-hybridized carbons (Fsp3) is 0.524. The summed E-state index contributed by atoms with van der Waals surface area (Å²) in [6.07, 6.45) is 10.7. The lowest BCUT2D eigenvalue weighted by Gasteiger charge is -2.22. The van der Waals surface area contributed by atoms with Gasteiger partial charge in [0.25, 0.3) is 0 Å². The normalized spacial score (nSPS) is 12.2. The quantitative estimate of drug-likeness (QED) is 0.260. The molecule has 0 aliphatic carbocycles. The molecule has 27 heavy (non-hydrogen) atoms. The molecule has 1 aromatic carbocycles. The summed E-state index contributed by atoms with van der Waals surface area (Å²) in [5, 5.41) is 30.1. The van der Waals surface area contributed by atoms with Gasteiger partial charge in [-0.25, -0.2) is 0 Å². The predicted molar refractivity (Wildman–Crippen MR) is 112 cm³/mol. The van der Waals surface area contributed by atoms with Gasteiger partial charge in [0.05, 0.1) is 24.6 Å². The lowest BCUT2D eigenvalue weighted by Crippen LogP contribution is -2.29. The van der Waals surface area contributed by atoms with Crippen LogP contribution >= 0.6 is 0 Å². The van der Waals surface area contributed by atoms with Crippen LogP contribution in [0, 0.1) is 0 Å². The summed E-state index contributed by atoms with van der Waals surface area (Å²) in [4.78, 5) is 1.92.